The maximum atomic E-state index is 12.1. The molecule has 3 heterocycles. The van der Waals surface area contributed by atoms with Crippen LogP contribution in [0.4, 0.5) is 4.79 Å². The molecule has 132 valence electrons. The summed E-state index contributed by atoms with van der Waals surface area (Å²) in [5.74, 6) is 0. The van der Waals surface area contributed by atoms with Crippen LogP contribution in [0.2, 0.25) is 5.15 Å². The highest BCUT2D eigenvalue weighted by Gasteiger charge is 2.24. The van der Waals surface area contributed by atoms with Gasteiger partial charge in [-0.05, 0) is 51.8 Å². The van der Waals surface area contributed by atoms with E-state index in [0.717, 1.165) is 29.4 Å². The van der Waals surface area contributed by atoms with Crippen LogP contribution in [0.1, 0.15) is 39.3 Å². The molecular formula is C19H22ClN3O2. The summed E-state index contributed by atoms with van der Waals surface area (Å²) in [5, 5.41) is 1.40. The number of ether oxygens (including phenoxy) is 1. The van der Waals surface area contributed by atoms with Crippen molar-refractivity contribution < 1.29 is 9.53 Å². The van der Waals surface area contributed by atoms with Crippen LogP contribution in [-0.2, 0) is 4.74 Å². The molecule has 5 nitrogen and oxygen atoms in total. The molecule has 0 saturated carbocycles. The smallest absolute Gasteiger partial charge is 0.410 e. The van der Waals surface area contributed by atoms with E-state index >= 15 is 0 Å². The lowest BCUT2D eigenvalue weighted by molar-refractivity contribution is 0.0237. The number of nitrogens with zero attached hydrogens (tertiary/aromatic N) is 3. The fourth-order valence-electron chi connectivity index (χ4n) is 2.74. The van der Waals surface area contributed by atoms with Gasteiger partial charge in [0.15, 0.2) is 0 Å². The molecule has 1 amide bonds. The number of hydrogen-bond acceptors (Lipinski definition) is 4. The fraction of sp³-hybridized carbons (Fsp3) is 0.421. The number of piperidine rings is 1. The van der Waals surface area contributed by atoms with E-state index in [-0.39, 0.29) is 6.09 Å². The van der Waals surface area contributed by atoms with Crippen LogP contribution < -0.4 is 0 Å². The summed E-state index contributed by atoms with van der Waals surface area (Å²) in [7, 11) is 0. The zero-order valence-corrected chi connectivity index (χ0v) is 15.5. The van der Waals surface area contributed by atoms with Gasteiger partial charge in [0.1, 0.15) is 10.8 Å². The van der Waals surface area contributed by atoms with E-state index in [1.165, 1.54) is 5.57 Å². The first-order valence-electron chi connectivity index (χ1n) is 8.40. The third kappa shape index (κ3) is 4.69. The molecule has 1 aliphatic heterocycles. The third-order valence-corrected chi connectivity index (χ3v) is 4.18. The van der Waals surface area contributed by atoms with Crippen molar-refractivity contribution >= 4 is 34.7 Å². The molecule has 6 heteroatoms. The molecule has 0 N–H and O–H groups in total. The summed E-state index contributed by atoms with van der Waals surface area (Å²) in [6, 6.07) is 5.74. The number of fused-ring (bicyclic) bond motifs is 1. The Labute approximate surface area is 152 Å². The number of pyridine rings is 2. The van der Waals surface area contributed by atoms with Crippen molar-refractivity contribution in [1.29, 1.82) is 0 Å². The van der Waals surface area contributed by atoms with Crippen LogP contribution in [0.5, 0.6) is 0 Å². The van der Waals surface area contributed by atoms with Crippen LogP contribution in [0.15, 0.2) is 30.0 Å². The first-order chi connectivity index (χ1) is 11.8. The molecule has 2 aromatic heterocycles. The molecule has 1 fully saturated rings. The Bertz CT molecular complexity index is 817. The van der Waals surface area contributed by atoms with Crippen molar-refractivity contribution in [2.75, 3.05) is 13.1 Å². The van der Waals surface area contributed by atoms with E-state index in [0.29, 0.717) is 18.2 Å². The molecule has 0 aliphatic carbocycles. The summed E-state index contributed by atoms with van der Waals surface area (Å²) < 4.78 is 5.43. The standard InChI is InChI=1S/C19H22ClN3O2/c1-19(2,3)25-18(24)23-8-6-13(7-9-23)10-15-5-4-14-12-21-17(20)11-16(14)22-15/h4-5,10-12H,6-9H2,1-3H3. The lowest BCUT2D eigenvalue weighted by atomic mass is 10.0. The van der Waals surface area contributed by atoms with Crippen molar-refractivity contribution in [3.05, 3.63) is 40.8 Å². The fourth-order valence-corrected chi connectivity index (χ4v) is 2.90. The molecule has 0 unspecified atom stereocenters. The zero-order chi connectivity index (χ0) is 18.0. The minimum Gasteiger partial charge on any atom is -0.444 e. The Morgan fingerprint density at radius 1 is 1.28 bits per heavy atom. The molecule has 25 heavy (non-hydrogen) atoms. The Balaban J connectivity index is 1.67. The summed E-state index contributed by atoms with van der Waals surface area (Å²) in [4.78, 5) is 22.6. The number of aromatic nitrogens is 2. The van der Waals surface area contributed by atoms with Crippen molar-refractivity contribution in [3.63, 3.8) is 0 Å². The largest absolute Gasteiger partial charge is 0.444 e. The number of rotatable bonds is 1. The van der Waals surface area contributed by atoms with Gasteiger partial charge in [-0.25, -0.2) is 14.8 Å². The topological polar surface area (TPSA) is 55.3 Å². The second-order valence-corrected chi connectivity index (χ2v) is 7.59. The Kier molecular flexibility index (Phi) is 4.95. The molecule has 0 bridgehead atoms. The average molecular weight is 360 g/mol. The van der Waals surface area contributed by atoms with Crippen LogP contribution >= 0.6 is 11.6 Å². The summed E-state index contributed by atoms with van der Waals surface area (Å²) in [5.41, 5.74) is 2.56. The van der Waals surface area contributed by atoms with E-state index in [4.69, 9.17) is 16.3 Å². The number of amides is 1. The van der Waals surface area contributed by atoms with Crippen LogP contribution in [0, 0.1) is 0 Å². The van der Waals surface area contributed by atoms with Gasteiger partial charge in [-0.2, -0.15) is 0 Å². The molecule has 0 spiro atoms. The van der Waals surface area contributed by atoms with Gasteiger partial charge in [0.2, 0.25) is 0 Å². The Hall–Kier alpha value is -2.14. The van der Waals surface area contributed by atoms with Crippen molar-refractivity contribution in [2.45, 2.75) is 39.2 Å². The van der Waals surface area contributed by atoms with E-state index < -0.39 is 5.60 Å². The lowest BCUT2D eigenvalue weighted by Gasteiger charge is -2.31. The maximum Gasteiger partial charge on any atom is 0.410 e. The molecule has 0 radical (unpaired) electrons. The molecule has 0 aromatic carbocycles. The zero-order valence-electron chi connectivity index (χ0n) is 14.8. The van der Waals surface area contributed by atoms with E-state index in [9.17, 15) is 4.79 Å². The van der Waals surface area contributed by atoms with Crippen molar-refractivity contribution in [2.24, 2.45) is 0 Å². The number of carbonyl (C=O) groups excluding carboxylic acids is 1. The van der Waals surface area contributed by atoms with Crippen LogP contribution in [-0.4, -0.2) is 39.7 Å². The number of carbonyl (C=O) groups is 1. The van der Waals surface area contributed by atoms with Gasteiger partial charge in [-0.15, -0.1) is 0 Å². The van der Waals surface area contributed by atoms with Gasteiger partial charge in [0, 0.05) is 30.7 Å². The normalized spacial score (nSPS) is 15.4. The first kappa shape index (κ1) is 17.7. The monoisotopic (exact) mass is 359 g/mol. The first-order valence-corrected chi connectivity index (χ1v) is 8.78. The lowest BCUT2D eigenvalue weighted by Crippen LogP contribution is -2.40. The van der Waals surface area contributed by atoms with Crippen molar-refractivity contribution in [3.8, 4) is 0 Å². The van der Waals surface area contributed by atoms with E-state index in [2.05, 4.69) is 16.0 Å². The number of halogens is 1. The minimum absolute atomic E-state index is 0.238. The number of likely N-dealkylation sites (tertiary alicyclic amines) is 1. The summed E-state index contributed by atoms with van der Waals surface area (Å²) in [6.45, 7) is 6.99. The Morgan fingerprint density at radius 3 is 2.68 bits per heavy atom. The van der Waals surface area contributed by atoms with Crippen LogP contribution in [0.3, 0.4) is 0 Å². The quantitative estimate of drug-likeness (QED) is 0.692. The highest BCUT2D eigenvalue weighted by atomic mass is 35.5. The Morgan fingerprint density at radius 2 is 2.00 bits per heavy atom. The second-order valence-electron chi connectivity index (χ2n) is 7.21. The molecular weight excluding hydrogens is 338 g/mol. The van der Waals surface area contributed by atoms with Crippen molar-refractivity contribution in [1.82, 2.24) is 14.9 Å². The van der Waals surface area contributed by atoms with E-state index in [1.54, 1.807) is 17.2 Å². The van der Waals surface area contributed by atoms with Gasteiger partial charge in [0.05, 0.1) is 11.2 Å². The maximum absolute atomic E-state index is 12.1. The SMILES string of the molecule is CC(C)(C)OC(=O)N1CCC(=Cc2ccc3cnc(Cl)cc3n2)CC1. The highest BCUT2D eigenvalue weighted by molar-refractivity contribution is 6.29. The molecule has 0 atom stereocenters. The van der Waals surface area contributed by atoms with Gasteiger partial charge < -0.3 is 9.64 Å². The molecule has 1 aliphatic rings. The molecule has 2 aromatic rings. The number of hydrogen-bond donors (Lipinski definition) is 0. The third-order valence-electron chi connectivity index (χ3n) is 3.97. The van der Waals surface area contributed by atoms with Gasteiger partial charge in [0.25, 0.3) is 0 Å². The van der Waals surface area contributed by atoms with Gasteiger partial charge in [-0.3, -0.25) is 0 Å². The highest BCUT2D eigenvalue weighted by Crippen LogP contribution is 2.22. The second kappa shape index (κ2) is 7.00. The minimum atomic E-state index is -0.460. The molecule has 3 rings (SSSR count). The predicted molar refractivity (Wildman–Crippen MR) is 99.6 cm³/mol. The molecule has 1 saturated heterocycles. The predicted octanol–water partition coefficient (Wildman–Crippen LogP) is 4.70. The van der Waals surface area contributed by atoms with Crippen LogP contribution in [0.25, 0.3) is 17.0 Å². The summed E-state index contributed by atoms with van der Waals surface area (Å²) in [6.07, 6.45) is 5.24. The van der Waals surface area contributed by atoms with Gasteiger partial charge >= 0.3 is 6.09 Å². The summed E-state index contributed by atoms with van der Waals surface area (Å²) >= 11 is 5.94. The van der Waals surface area contributed by atoms with E-state index in [1.807, 2.05) is 32.9 Å². The average Bonchev–Trinajstić information content (AvgIpc) is 2.53. The van der Waals surface area contributed by atoms with Gasteiger partial charge in [-0.1, -0.05) is 17.2 Å².